The molecule has 0 N–H and O–H groups in total. The highest BCUT2D eigenvalue weighted by atomic mass is 15.2. The van der Waals surface area contributed by atoms with Crippen LogP contribution in [-0.4, -0.2) is 49.1 Å². The van der Waals surface area contributed by atoms with E-state index >= 15 is 0 Å². The van der Waals surface area contributed by atoms with Crippen LogP contribution < -0.4 is 0 Å². The van der Waals surface area contributed by atoms with Gasteiger partial charge in [0.2, 0.25) is 0 Å². The predicted octanol–water partition coefficient (Wildman–Crippen LogP) is 2.10. The average Bonchev–Trinajstić information content (AvgIpc) is 2.78. The molecule has 0 aromatic heterocycles. The van der Waals surface area contributed by atoms with Crippen LogP contribution in [0.1, 0.15) is 38.5 Å². The molecule has 96 valence electrons. The lowest BCUT2D eigenvalue weighted by Gasteiger charge is -2.32. The van der Waals surface area contributed by atoms with Gasteiger partial charge in [0, 0.05) is 19.1 Å². The summed E-state index contributed by atoms with van der Waals surface area (Å²) >= 11 is 0. The summed E-state index contributed by atoms with van der Waals surface area (Å²) in [6.07, 6.45) is 8.33. The van der Waals surface area contributed by atoms with E-state index in [9.17, 15) is 0 Å². The number of hydrogen-bond donors (Lipinski definition) is 0. The van der Waals surface area contributed by atoms with Crippen molar-refractivity contribution in [3.05, 3.63) is 0 Å². The molecule has 2 aliphatic rings. The fourth-order valence-corrected chi connectivity index (χ4v) is 3.38. The molecule has 2 rings (SSSR count). The fraction of sp³-hybridized carbons (Fsp3) is 0.929. The van der Waals surface area contributed by atoms with E-state index in [-0.39, 0.29) is 0 Å². The van der Waals surface area contributed by atoms with Gasteiger partial charge in [-0.2, -0.15) is 5.26 Å². The van der Waals surface area contributed by atoms with Crippen molar-refractivity contribution in [2.75, 3.05) is 33.2 Å². The third kappa shape index (κ3) is 3.69. The summed E-state index contributed by atoms with van der Waals surface area (Å²) in [5.74, 6) is 0.787. The Balaban J connectivity index is 1.72. The van der Waals surface area contributed by atoms with Gasteiger partial charge < -0.3 is 4.90 Å². The van der Waals surface area contributed by atoms with Crippen molar-refractivity contribution in [2.24, 2.45) is 5.92 Å². The second-order valence-corrected chi connectivity index (χ2v) is 5.78. The molecule has 0 bridgehead atoms. The molecule has 1 heterocycles. The zero-order valence-corrected chi connectivity index (χ0v) is 11.1. The van der Waals surface area contributed by atoms with Crippen LogP contribution in [0.5, 0.6) is 0 Å². The number of hydrogen-bond acceptors (Lipinski definition) is 3. The Morgan fingerprint density at radius 2 is 2.00 bits per heavy atom. The summed E-state index contributed by atoms with van der Waals surface area (Å²) in [7, 11) is 2.29. The molecule has 1 saturated carbocycles. The Kier molecular flexibility index (Phi) is 4.82. The molecule has 17 heavy (non-hydrogen) atoms. The normalized spacial score (nSPS) is 27.5. The molecule has 1 atom stereocenters. The first kappa shape index (κ1) is 12.9. The van der Waals surface area contributed by atoms with Gasteiger partial charge in [-0.1, -0.05) is 19.3 Å². The zero-order chi connectivity index (χ0) is 12.1. The second-order valence-electron chi connectivity index (χ2n) is 5.78. The summed E-state index contributed by atoms with van der Waals surface area (Å²) in [5.41, 5.74) is 0. The summed E-state index contributed by atoms with van der Waals surface area (Å²) in [5, 5.41) is 8.70. The van der Waals surface area contributed by atoms with Crippen molar-refractivity contribution in [1.29, 1.82) is 5.26 Å². The first-order valence-corrected chi connectivity index (χ1v) is 7.09. The van der Waals surface area contributed by atoms with Gasteiger partial charge in [0.15, 0.2) is 0 Å². The molecule has 1 aliphatic heterocycles. The molecule has 0 amide bonds. The predicted molar refractivity (Wildman–Crippen MR) is 69.7 cm³/mol. The topological polar surface area (TPSA) is 30.3 Å². The molecule has 1 aliphatic carbocycles. The van der Waals surface area contributed by atoms with Crippen LogP contribution in [0.3, 0.4) is 0 Å². The van der Waals surface area contributed by atoms with Gasteiger partial charge in [-0.3, -0.25) is 4.90 Å². The SMILES string of the molecule is CN(CC1CCN(CC#N)C1)C1CCCCC1. The van der Waals surface area contributed by atoms with Crippen LogP contribution in [0.4, 0.5) is 0 Å². The Morgan fingerprint density at radius 3 is 2.71 bits per heavy atom. The van der Waals surface area contributed by atoms with Gasteiger partial charge in [0.1, 0.15) is 0 Å². The van der Waals surface area contributed by atoms with Gasteiger partial charge in [-0.15, -0.1) is 0 Å². The standard InChI is InChI=1S/C14H25N3/c1-16(14-5-3-2-4-6-14)11-13-7-9-17(12-13)10-8-15/h13-14H,2-7,9-12H2,1H3. The van der Waals surface area contributed by atoms with E-state index in [1.54, 1.807) is 0 Å². The molecule has 1 saturated heterocycles. The quantitative estimate of drug-likeness (QED) is 0.699. The lowest BCUT2D eigenvalue weighted by Crippen LogP contribution is -2.37. The molecular formula is C14H25N3. The maximum atomic E-state index is 8.70. The minimum Gasteiger partial charge on any atom is -0.303 e. The average molecular weight is 235 g/mol. The third-order valence-electron chi connectivity index (χ3n) is 4.41. The number of rotatable bonds is 4. The molecule has 0 aromatic rings. The van der Waals surface area contributed by atoms with Gasteiger partial charge in [0.05, 0.1) is 12.6 Å². The van der Waals surface area contributed by atoms with Crippen LogP contribution in [0.15, 0.2) is 0 Å². The number of nitrogens with zero attached hydrogens (tertiary/aromatic N) is 3. The molecular weight excluding hydrogens is 210 g/mol. The molecule has 0 spiro atoms. The highest BCUT2D eigenvalue weighted by Gasteiger charge is 2.26. The Labute approximate surface area is 105 Å². The summed E-state index contributed by atoms with van der Waals surface area (Å²) in [6, 6.07) is 3.09. The lowest BCUT2D eigenvalue weighted by atomic mass is 9.94. The van der Waals surface area contributed by atoms with E-state index in [0.29, 0.717) is 6.54 Å². The van der Waals surface area contributed by atoms with Gasteiger partial charge in [-0.25, -0.2) is 0 Å². The van der Waals surface area contributed by atoms with Crippen molar-refractivity contribution in [1.82, 2.24) is 9.80 Å². The summed E-state index contributed by atoms with van der Waals surface area (Å²) in [4.78, 5) is 4.87. The number of likely N-dealkylation sites (tertiary alicyclic amines) is 1. The highest BCUT2D eigenvalue weighted by Crippen LogP contribution is 2.24. The first-order chi connectivity index (χ1) is 8.29. The van der Waals surface area contributed by atoms with Crippen molar-refractivity contribution < 1.29 is 0 Å². The molecule has 0 aromatic carbocycles. The molecule has 3 heteroatoms. The third-order valence-corrected chi connectivity index (χ3v) is 4.41. The molecule has 1 unspecified atom stereocenters. The number of nitriles is 1. The maximum Gasteiger partial charge on any atom is 0.0866 e. The van der Waals surface area contributed by atoms with Crippen LogP contribution in [0.2, 0.25) is 0 Å². The van der Waals surface area contributed by atoms with Gasteiger partial charge in [0.25, 0.3) is 0 Å². The van der Waals surface area contributed by atoms with Crippen LogP contribution in [0, 0.1) is 17.2 Å². The summed E-state index contributed by atoms with van der Waals surface area (Å²) in [6.45, 7) is 4.09. The minimum atomic E-state index is 0.615. The summed E-state index contributed by atoms with van der Waals surface area (Å²) < 4.78 is 0. The first-order valence-electron chi connectivity index (χ1n) is 7.09. The minimum absolute atomic E-state index is 0.615. The second kappa shape index (κ2) is 6.37. The Hall–Kier alpha value is -0.590. The lowest BCUT2D eigenvalue weighted by molar-refractivity contribution is 0.166. The van der Waals surface area contributed by atoms with E-state index in [1.165, 1.54) is 45.1 Å². The maximum absolute atomic E-state index is 8.70. The zero-order valence-electron chi connectivity index (χ0n) is 11.1. The highest BCUT2D eigenvalue weighted by molar-refractivity contribution is 4.85. The largest absolute Gasteiger partial charge is 0.303 e. The van der Waals surface area contributed by atoms with Gasteiger partial charge in [-0.05, 0) is 38.8 Å². The Bertz CT molecular complexity index is 265. The molecule has 3 nitrogen and oxygen atoms in total. The van der Waals surface area contributed by atoms with Gasteiger partial charge >= 0.3 is 0 Å². The van der Waals surface area contributed by atoms with Crippen molar-refractivity contribution >= 4 is 0 Å². The smallest absolute Gasteiger partial charge is 0.0866 e. The van der Waals surface area contributed by atoms with E-state index in [1.807, 2.05) is 0 Å². The van der Waals surface area contributed by atoms with Crippen LogP contribution in [0.25, 0.3) is 0 Å². The molecule has 2 fully saturated rings. The van der Waals surface area contributed by atoms with E-state index in [4.69, 9.17) is 5.26 Å². The van der Waals surface area contributed by atoms with Crippen molar-refractivity contribution in [2.45, 2.75) is 44.6 Å². The monoisotopic (exact) mass is 235 g/mol. The van der Waals surface area contributed by atoms with E-state index in [2.05, 4.69) is 22.9 Å². The van der Waals surface area contributed by atoms with Crippen molar-refractivity contribution in [3.63, 3.8) is 0 Å². The van der Waals surface area contributed by atoms with E-state index < -0.39 is 0 Å². The van der Waals surface area contributed by atoms with Crippen molar-refractivity contribution in [3.8, 4) is 6.07 Å². The van der Waals surface area contributed by atoms with Crippen LogP contribution >= 0.6 is 0 Å². The van der Waals surface area contributed by atoms with E-state index in [0.717, 1.165) is 25.0 Å². The fourth-order valence-electron chi connectivity index (χ4n) is 3.38. The molecule has 0 radical (unpaired) electrons. The van der Waals surface area contributed by atoms with Crippen LogP contribution in [-0.2, 0) is 0 Å². The Morgan fingerprint density at radius 1 is 1.24 bits per heavy atom.